The molecule has 2 N–H and O–H groups in total. The molecule has 0 saturated carbocycles. The van der Waals surface area contributed by atoms with Crippen molar-refractivity contribution in [3.8, 4) is 0 Å². The van der Waals surface area contributed by atoms with Gasteiger partial charge in [-0.05, 0) is 64.7 Å². The second-order valence-electron chi connectivity index (χ2n) is 4.99. The molecular formula is C16H15BrN2O. The topological polar surface area (TPSA) is 41.1 Å². The first-order valence-electron chi connectivity index (χ1n) is 6.58. The van der Waals surface area contributed by atoms with Gasteiger partial charge in [-0.1, -0.05) is 12.1 Å². The molecule has 3 rings (SSSR count). The average molecular weight is 331 g/mol. The second kappa shape index (κ2) is 5.29. The van der Waals surface area contributed by atoms with Crippen LogP contribution in [0, 0.1) is 6.92 Å². The van der Waals surface area contributed by atoms with Crippen molar-refractivity contribution in [2.75, 3.05) is 17.2 Å². The standard InChI is InChI=1S/C16H15BrN2O/c1-10-2-5-13(17)15(8-10)19-16(20)12-4-3-11-6-7-18-14(11)9-12/h2-5,8-9,18H,6-7H2,1H3,(H,19,20). The Kier molecular flexibility index (Phi) is 3.49. The number of nitrogens with one attached hydrogen (secondary N) is 2. The number of hydrogen-bond acceptors (Lipinski definition) is 2. The van der Waals surface area contributed by atoms with E-state index in [1.165, 1.54) is 5.56 Å². The van der Waals surface area contributed by atoms with E-state index in [2.05, 4.69) is 26.6 Å². The van der Waals surface area contributed by atoms with Gasteiger partial charge in [-0.3, -0.25) is 4.79 Å². The highest BCUT2D eigenvalue weighted by Gasteiger charge is 2.14. The highest BCUT2D eigenvalue weighted by Crippen LogP contribution is 2.26. The lowest BCUT2D eigenvalue weighted by Gasteiger charge is -2.09. The quantitative estimate of drug-likeness (QED) is 0.874. The second-order valence-corrected chi connectivity index (χ2v) is 5.84. The fourth-order valence-corrected chi connectivity index (χ4v) is 2.71. The van der Waals surface area contributed by atoms with Gasteiger partial charge in [-0.2, -0.15) is 0 Å². The third kappa shape index (κ3) is 2.56. The fraction of sp³-hybridized carbons (Fsp3) is 0.188. The maximum atomic E-state index is 12.3. The third-order valence-electron chi connectivity index (χ3n) is 3.45. The Bertz CT molecular complexity index is 682. The van der Waals surface area contributed by atoms with Crippen molar-refractivity contribution in [3.05, 3.63) is 57.6 Å². The summed E-state index contributed by atoms with van der Waals surface area (Å²) in [6.45, 7) is 2.95. The Hall–Kier alpha value is -1.81. The van der Waals surface area contributed by atoms with Gasteiger partial charge < -0.3 is 10.6 Å². The van der Waals surface area contributed by atoms with E-state index < -0.39 is 0 Å². The van der Waals surface area contributed by atoms with Crippen molar-refractivity contribution in [3.63, 3.8) is 0 Å². The molecule has 0 aromatic heterocycles. The van der Waals surface area contributed by atoms with E-state index in [0.29, 0.717) is 5.56 Å². The third-order valence-corrected chi connectivity index (χ3v) is 4.14. The summed E-state index contributed by atoms with van der Waals surface area (Å²) in [4.78, 5) is 12.3. The SMILES string of the molecule is Cc1ccc(Br)c(NC(=O)c2ccc3c(c2)NCC3)c1. The Labute approximate surface area is 126 Å². The summed E-state index contributed by atoms with van der Waals surface area (Å²) >= 11 is 3.45. The first-order valence-corrected chi connectivity index (χ1v) is 7.37. The van der Waals surface area contributed by atoms with Crippen LogP contribution in [-0.4, -0.2) is 12.5 Å². The molecule has 1 amide bonds. The van der Waals surface area contributed by atoms with Gasteiger partial charge in [0.2, 0.25) is 0 Å². The van der Waals surface area contributed by atoms with Crippen LogP contribution in [-0.2, 0) is 6.42 Å². The molecule has 0 atom stereocenters. The average Bonchev–Trinajstić information content (AvgIpc) is 2.90. The lowest BCUT2D eigenvalue weighted by atomic mass is 10.1. The van der Waals surface area contributed by atoms with Crippen LogP contribution in [0.1, 0.15) is 21.5 Å². The molecule has 0 aliphatic carbocycles. The predicted molar refractivity (Wildman–Crippen MR) is 85.5 cm³/mol. The molecular weight excluding hydrogens is 316 g/mol. The van der Waals surface area contributed by atoms with E-state index in [1.807, 2.05) is 43.3 Å². The molecule has 20 heavy (non-hydrogen) atoms. The molecule has 4 heteroatoms. The van der Waals surface area contributed by atoms with Gasteiger partial charge >= 0.3 is 0 Å². The van der Waals surface area contributed by atoms with E-state index in [9.17, 15) is 4.79 Å². The largest absolute Gasteiger partial charge is 0.384 e. The number of rotatable bonds is 2. The number of benzene rings is 2. The minimum Gasteiger partial charge on any atom is -0.384 e. The van der Waals surface area contributed by atoms with Crippen molar-refractivity contribution in [1.29, 1.82) is 0 Å². The van der Waals surface area contributed by atoms with Crippen LogP contribution >= 0.6 is 15.9 Å². The number of amides is 1. The van der Waals surface area contributed by atoms with Crippen molar-refractivity contribution in [2.24, 2.45) is 0 Å². The summed E-state index contributed by atoms with van der Waals surface area (Å²) in [6, 6.07) is 11.7. The molecule has 1 aliphatic heterocycles. The molecule has 0 fully saturated rings. The fourth-order valence-electron chi connectivity index (χ4n) is 2.36. The van der Waals surface area contributed by atoms with Gasteiger partial charge in [0.15, 0.2) is 0 Å². The first-order chi connectivity index (χ1) is 9.63. The van der Waals surface area contributed by atoms with E-state index in [0.717, 1.165) is 34.4 Å². The number of hydrogen-bond donors (Lipinski definition) is 2. The molecule has 0 spiro atoms. The van der Waals surface area contributed by atoms with Gasteiger partial charge in [-0.15, -0.1) is 0 Å². The highest BCUT2D eigenvalue weighted by molar-refractivity contribution is 9.10. The van der Waals surface area contributed by atoms with Gasteiger partial charge in [0.05, 0.1) is 5.69 Å². The van der Waals surface area contributed by atoms with Gasteiger partial charge in [0.25, 0.3) is 5.91 Å². The molecule has 3 nitrogen and oxygen atoms in total. The smallest absolute Gasteiger partial charge is 0.255 e. The Morgan fingerprint density at radius 2 is 2.10 bits per heavy atom. The zero-order chi connectivity index (χ0) is 14.1. The van der Waals surface area contributed by atoms with E-state index >= 15 is 0 Å². The number of anilines is 2. The Morgan fingerprint density at radius 3 is 2.95 bits per heavy atom. The maximum Gasteiger partial charge on any atom is 0.255 e. The minimum absolute atomic E-state index is 0.0900. The lowest BCUT2D eigenvalue weighted by molar-refractivity contribution is 0.102. The highest BCUT2D eigenvalue weighted by atomic mass is 79.9. The molecule has 0 saturated heterocycles. The van der Waals surface area contributed by atoms with Crippen molar-refractivity contribution in [2.45, 2.75) is 13.3 Å². The molecule has 2 aromatic carbocycles. The predicted octanol–water partition coefficient (Wildman–Crippen LogP) is 3.98. The number of fused-ring (bicyclic) bond motifs is 1. The summed E-state index contributed by atoms with van der Waals surface area (Å²) < 4.78 is 0.885. The molecule has 0 bridgehead atoms. The van der Waals surface area contributed by atoms with Crippen LogP contribution in [0.4, 0.5) is 11.4 Å². The van der Waals surface area contributed by atoms with Gasteiger partial charge in [0.1, 0.15) is 0 Å². The summed E-state index contributed by atoms with van der Waals surface area (Å²) in [5, 5.41) is 6.24. The molecule has 0 radical (unpaired) electrons. The van der Waals surface area contributed by atoms with Crippen LogP contribution in [0.3, 0.4) is 0 Å². The van der Waals surface area contributed by atoms with Crippen LogP contribution in [0.2, 0.25) is 0 Å². The molecule has 1 aliphatic rings. The summed E-state index contributed by atoms with van der Waals surface area (Å²) in [6.07, 6.45) is 1.03. The summed E-state index contributed by atoms with van der Waals surface area (Å²) in [7, 11) is 0. The van der Waals surface area contributed by atoms with Crippen molar-refractivity contribution >= 4 is 33.2 Å². The number of carbonyl (C=O) groups excluding carboxylic acids is 1. The molecule has 0 unspecified atom stereocenters. The molecule has 2 aromatic rings. The van der Waals surface area contributed by atoms with Crippen LogP contribution in [0.15, 0.2) is 40.9 Å². The van der Waals surface area contributed by atoms with Crippen molar-refractivity contribution < 1.29 is 4.79 Å². The van der Waals surface area contributed by atoms with Gasteiger partial charge in [0, 0.05) is 22.3 Å². The Balaban J connectivity index is 1.84. The molecule has 1 heterocycles. The number of aryl methyl sites for hydroxylation is 1. The van der Waals surface area contributed by atoms with E-state index in [1.54, 1.807) is 0 Å². The first kappa shape index (κ1) is 13.2. The summed E-state index contributed by atoms with van der Waals surface area (Å²) in [5.41, 5.74) is 4.92. The van der Waals surface area contributed by atoms with Crippen LogP contribution in [0.5, 0.6) is 0 Å². The van der Waals surface area contributed by atoms with E-state index in [-0.39, 0.29) is 5.91 Å². The number of halogens is 1. The Morgan fingerprint density at radius 1 is 1.25 bits per heavy atom. The number of carbonyl (C=O) groups is 1. The van der Waals surface area contributed by atoms with Gasteiger partial charge in [-0.25, -0.2) is 0 Å². The lowest BCUT2D eigenvalue weighted by Crippen LogP contribution is -2.12. The summed E-state index contributed by atoms with van der Waals surface area (Å²) in [5.74, 6) is -0.0900. The zero-order valence-electron chi connectivity index (χ0n) is 11.2. The maximum absolute atomic E-state index is 12.3. The van der Waals surface area contributed by atoms with E-state index in [4.69, 9.17) is 0 Å². The molecule has 102 valence electrons. The minimum atomic E-state index is -0.0900. The normalized spacial score (nSPS) is 12.7. The van der Waals surface area contributed by atoms with Crippen LogP contribution in [0.25, 0.3) is 0 Å². The van der Waals surface area contributed by atoms with Crippen LogP contribution < -0.4 is 10.6 Å². The zero-order valence-corrected chi connectivity index (χ0v) is 12.8. The monoisotopic (exact) mass is 330 g/mol. The van der Waals surface area contributed by atoms with Crippen molar-refractivity contribution in [1.82, 2.24) is 0 Å².